The van der Waals surface area contributed by atoms with Crippen molar-refractivity contribution in [3.8, 4) is 0 Å². The first-order valence-electron chi connectivity index (χ1n) is 9.72. The van der Waals surface area contributed by atoms with Gasteiger partial charge in [0, 0.05) is 32.9 Å². The molecule has 2 amide bonds. The van der Waals surface area contributed by atoms with Crippen molar-refractivity contribution in [2.24, 2.45) is 0 Å². The average Bonchev–Trinajstić information content (AvgIpc) is 2.77. The number of hydrogen-bond donors (Lipinski definition) is 1. The number of hydrogen-bond acceptors (Lipinski definition) is 4. The van der Waals surface area contributed by atoms with Gasteiger partial charge in [-0.15, -0.1) is 5.10 Å². The number of fused-ring (bicyclic) bond motifs is 1. The van der Waals surface area contributed by atoms with Crippen LogP contribution in [-0.2, 0) is 6.54 Å². The Bertz CT molecular complexity index is 946. The van der Waals surface area contributed by atoms with E-state index >= 15 is 0 Å². The number of amides is 2. The zero-order valence-electron chi connectivity index (χ0n) is 16.1. The number of benzene rings is 2. The van der Waals surface area contributed by atoms with Gasteiger partial charge < -0.3 is 15.1 Å². The summed E-state index contributed by atoms with van der Waals surface area (Å²) in [4.78, 5) is 16.7. The predicted molar refractivity (Wildman–Crippen MR) is 111 cm³/mol. The molecule has 1 saturated heterocycles. The molecule has 6 heteroatoms. The molecule has 1 N–H and O–H groups in total. The highest BCUT2D eigenvalue weighted by atomic mass is 16.2. The van der Waals surface area contributed by atoms with Crippen LogP contribution in [0.5, 0.6) is 0 Å². The Morgan fingerprint density at radius 3 is 2.86 bits per heavy atom. The van der Waals surface area contributed by atoms with Crippen LogP contribution in [0.1, 0.15) is 18.4 Å². The second-order valence-corrected chi connectivity index (χ2v) is 7.28. The smallest absolute Gasteiger partial charge is 0.317 e. The van der Waals surface area contributed by atoms with Crippen LogP contribution < -0.4 is 10.2 Å². The number of anilines is 1. The molecule has 28 heavy (non-hydrogen) atoms. The zero-order chi connectivity index (χ0) is 19.3. The minimum Gasteiger partial charge on any atom is -0.353 e. The van der Waals surface area contributed by atoms with Gasteiger partial charge in [-0.2, -0.15) is 5.10 Å². The molecule has 1 aromatic heterocycles. The molecule has 3 aromatic rings. The molecule has 0 radical (unpaired) electrons. The minimum atomic E-state index is -0.0424. The van der Waals surface area contributed by atoms with Crippen molar-refractivity contribution < 1.29 is 4.79 Å². The lowest BCUT2D eigenvalue weighted by Gasteiger charge is -2.37. The van der Waals surface area contributed by atoms with Gasteiger partial charge in [0.2, 0.25) is 0 Å². The number of carbonyl (C=O) groups excluding carboxylic acids is 1. The second-order valence-electron chi connectivity index (χ2n) is 7.28. The van der Waals surface area contributed by atoms with Crippen molar-refractivity contribution >= 4 is 22.6 Å². The maximum absolute atomic E-state index is 12.7. The molecule has 0 aliphatic carbocycles. The lowest BCUT2D eigenvalue weighted by atomic mass is 10.0. The first kappa shape index (κ1) is 18.2. The van der Waals surface area contributed by atoms with Crippen LogP contribution in [0.15, 0.2) is 60.8 Å². The zero-order valence-corrected chi connectivity index (χ0v) is 16.1. The van der Waals surface area contributed by atoms with Gasteiger partial charge >= 0.3 is 6.03 Å². The molecule has 0 saturated carbocycles. The van der Waals surface area contributed by atoms with Crippen LogP contribution in [-0.4, -0.2) is 47.3 Å². The number of likely N-dealkylation sites (N-methyl/N-ethyl adjacent to an activating group) is 1. The molecule has 0 unspecified atom stereocenters. The van der Waals surface area contributed by atoms with E-state index in [9.17, 15) is 4.79 Å². The molecule has 0 spiro atoms. The third-order valence-electron chi connectivity index (χ3n) is 5.40. The fourth-order valence-corrected chi connectivity index (χ4v) is 3.76. The quantitative estimate of drug-likeness (QED) is 0.759. The Morgan fingerprint density at radius 2 is 2.04 bits per heavy atom. The summed E-state index contributed by atoms with van der Waals surface area (Å²) in [6.45, 7) is 2.24. The van der Waals surface area contributed by atoms with Crippen molar-refractivity contribution in [2.75, 3.05) is 25.0 Å². The highest BCUT2D eigenvalue weighted by molar-refractivity contribution is 5.83. The molecule has 6 nitrogen and oxygen atoms in total. The Kier molecular flexibility index (Phi) is 5.37. The summed E-state index contributed by atoms with van der Waals surface area (Å²) in [6.07, 6.45) is 3.71. The van der Waals surface area contributed by atoms with Crippen LogP contribution in [0.25, 0.3) is 10.8 Å². The summed E-state index contributed by atoms with van der Waals surface area (Å²) >= 11 is 0. The molecule has 0 bridgehead atoms. The maximum atomic E-state index is 12.7. The fourth-order valence-electron chi connectivity index (χ4n) is 3.76. The number of carbonyl (C=O) groups is 1. The van der Waals surface area contributed by atoms with Gasteiger partial charge in [-0.3, -0.25) is 0 Å². The Hall–Kier alpha value is -3.15. The number of nitrogens with zero attached hydrogens (tertiary/aromatic N) is 4. The molecule has 2 heterocycles. The Morgan fingerprint density at radius 1 is 1.18 bits per heavy atom. The van der Waals surface area contributed by atoms with Gasteiger partial charge in [0.1, 0.15) is 0 Å². The van der Waals surface area contributed by atoms with Crippen molar-refractivity contribution in [3.05, 3.63) is 66.4 Å². The van der Waals surface area contributed by atoms with E-state index in [0.29, 0.717) is 6.54 Å². The lowest BCUT2D eigenvalue weighted by molar-refractivity contribution is 0.182. The first-order valence-corrected chi connectivity index (χ1v) is 9.72. The highest BCUT2D eigenvalue weighted by Gasteiger charge is 2.26. The molecule has 1 fully saturated rings. The summed E-state index contributed by atoms with van der Waals surface area (Å²) in [5.41, 5.74) is 1.10. The number of rotatable bonds is 4. The second kappa shape index (κ2) is 8.25. The predicted octanol–water partition coefficient (Wildman–Crippen LogP) is 3.44. The molecule has 1 atom stereocenters. The Labute approximate surface area is 165 Å². The van der Waals surface area contributed by atoms with E-state index in [4.69, 9.17) is 0 Å². The molecular formula is C22H25N5O. The normalized spacial score (nSPS) is 16.8. The van der Waals surface area contributed by atoms with E-state index < -0.39 is 0 Å². The number of nitrogens with one attached hydrogen (secondary N) is 1. The minimum absolute atomic E-state index is 0.0424. The van der Waals surface area contributed by atoms with Crippen molar-refractivity contribution in [2.45, 2.75) is 25.4 Å². The first-order chi connectivity index (χ1) is 13.7. The molecule has 144 valence electrons. The summed E-state index contributed by atoms with van der Waals surface area (Å²) in [5.74, 6) is 0.872. The third-order valence-corrected chi connectivity index (χ3v) is 5.40. The van der Waals surface area contributed by atoms with E-state index in [1.807, 2.05) is 36.2 Å². The monoisotopic (exact) mass is 375 g/mol. The molecule has 1 aliphatic heterocycles. The van der Waals surface area contributed by atoms with Crippen molar-refractivity contribution in [3.63, 3.8) is 0 Å². The average molecular weight is 375 g/mol. The van der Waals surface area contributed by atoms with Crippen LogP contribution >= 0.6 is 0 Å². The molecule has 1 aliphatic rings. The molecule has 2 aromatic carbocycles. The van der Waals surface area contributed by atoms with Gasteiger partial charge in [-0.1, -0.05) is 36.4 Å². The van der Waals surface area contributed by atoms with Crippen LogP contribution in [0.2, 0.25) is 0 Å². The topological polar surface area (TPSA) is 61.4 Å². The summed E-state index contributed by atoms with van der Waals surface area (Å²) in [7, 11) is 1.88. The van der Waals surface area contributed by atoms with Gasteiger partial charge in [0.05, 0.1) is 6.04 Å². The van der Waals surface area contributed by atoms with Crippen molar-refractivity contribution in [1.29, 1.82) is 0 Å². The van der Waals surface area contributed by atoms with E-state index in [1.165, 1.54) is 10.8 Å². The largest absolute Gasteiger partial charge is 0.353 e. The van der Waals surface area contributed by atoms with Gasteiger partial charge in [0.25, 0.3) is 0 Å². The van der Waals surface area contributed by atoms with E-state index in [1.54, 1.807) is 6.20 Å². The number of urea groups is 1. The van der Waals surface area contributed by atoms with Gasteiger partial charge in [-0.25, -0.2) is 4.79 Å². The Balaban J connectivity index is 1.36. The molecular weight excluding hydrogens is 350 g/mol. The standard InChI is InChI=1S/C22H25N5O/c1-26(20-8-5-13-27(16-20)21-9-4-12-24-25-21)22(28)23-15-17-10-11-18-6-2-3-7-19(18)14-17/h2-4,6-7,9-12,14,20H,5,8,13,15-16H2,1H3,(H,23,28)/t20-/m1/s1. The highest BCUT2D eigenvalue weighted by Crippen LogP contribution is 2.20. The summed E-state index contributed by atoms with van der Waals surface area (Å²) in [5, 5.41) is 13.6. The fraction of sp³-hybridized carbons (Fsp3) is 0.318. The van der Waals surface area contributed by atoms with Crippen molar-refractivity contribution in [1.82, 2.24) is 20.4 Å². The van der Waals surface area contributed by atoms with Crippen LogP contribution in [0.4, 0.5) is 10.6 Å². The molecule has 4 rings (SSSR count). The van der Waals surface area contributed by atoms with Gasteiger partial charge in [0.15, 0.2) is 5.82 Å². The van der Waals surface area contributed by atoms with Gasteiger partial charge in [-0.05, 0) is 47.4 Å². The van der Waals surface area contributed by atoms with Crippen LogP contribution in [0.3, 0.4) is 0 Å². The third kappa shape index (κ3) is 4.06. The van der Waals surface area contributed by atoms with Crippen LogP contribution in [0, 0.1) is 0 Å². The summed E-state index contributed by atoms with van der Waals surface area (Å²) < 4.78 is 0. The van der Waals surface area contributed by atoms with E-state index in [2.05, 4.69) is 50.7 Å². The maximum Gasteiger partial charge on any atom is 0.317 e. The van der Waals surface area contributed by atoms with E-state index in [-0.39, 0.29) is 12.1 Å². The SMILES string of the molecule is CN(C(=O)NCc1ccc2ccccc2c1)[C@@H]1CCCN(c2cccnn2)C1. The van der Waals surface area contributed by atoms with E-state index in [0.717, 1.165) is 37.3 Å². The lowest BCUT2D eigenvalue weighted by Crippen LogP contribution is -2.51. The number of aromatic nitrogens is 2. The summed E-state index contributed by atoms with van der Waals surface area (Å²) in [6, 6.07) is 18.5. The number of piperidine rings is 1.